The first-order chi connectivity index (χ1) is 18.5. The number of hydrogen-bond donors (Lipinski definition) is 0. The number of unbranched alkanes of at least 4 members (excludes halogenated alkanes) is 2. The molecule has 0 aromatic heterocycles. The molecule has 1 fully saturated rings. The minimum absolute atomic E-state index is 0.0279. The molecule has 0 N–H and O–H groups in total. The van der Waals surface area contributed by atoms with Crippen LogP contribution in [0, 0.1) is 5.92 Å². The molecule has 5 rings (SSSR count). The summed E-state index contributed by atoms with van der Waals surface area (Å²) in [6.07, 6.45) is 5.20. The average molecular weight is 644 g/mol. The first-order valence-corrected chi connectivity index (χ1v) is 14.8. The van der Waals surface area contributed by atoms with Gasteiger partial charge in [-0.25, -0.2) is 4.79 Å². The minimum atomic E-state index is -0.178. The van der Waals surface area contributed by atoms with Gasteiger partial charge in [-0.3, -0.25) is 9.69 Å². The summed E-state index contributed by atoms with van der Waals surface area (Å²) in [5.74, 6) is 0.950. The van der Waals surface area contributed by atoms with E-state index in [-0.39, 0.29) is 17.9 Å². The molecule has 0 saturated carbocycles. The van der Waals surface area contributed by atoms with Gasteiger partial charge >= 0.3 is 5.97 Å². The van der Waals surface area contributed by atoms with Crippen molar-refractivity contribution in [1.82, 2.24) is 4.90 Å². The number of piperidine rings is 1. The Balaban J connectivity index is 0.996. The van der Waals surface area contributed by atoms with Gasteiger partial charge in [0.25, 0.3) is 0 Å². The van der Waals surface area contributed by atoms with Crippen LogP contribution in [0.1, 0.15) is 70.1 Å². The van der Waals surface area contributed by atoms with E-state index < -0.39 is 0 Å². The number of hydrogen-bond acceptors (Lipinski definition) is 5. The van der Waals surface area contributed by atoms with Crippen LogP contribution in [0.4, 0.5) is 0 Å². The van der Waals surface area contributed by atoms with Crippen LogP contribution in [0.15, 0.2) is 72.8 Å². The van der Waals surface area contributed by atoms with Crippen LogP contribution >= 0.6 is 34.2 Å². The van der Waals surface area contributed by atoms with Gasteiger partial charge in [0.05, 0.1) is 16.2 Å². The largest absolute Gasteiger partial charge is 0.494 e. The molecule has 0 amide bonds. The Hall–Kier alpha value is -2.42. The van der Waals surface area contributed by atoms with Gasteiger partial charge in [0.1, 0.15) is 11.9 Å². The van der Waals surface area contributed by atoms with Crippen molar-refractivity contribution in [3.63, 3.8) is 0 Å². The van der Waals surface area contributed by atoms with Crippen molar-refractivity contribution >= 4 is 45.9 Å². The fraction of sp³-hybridized carbons (Fsp3) is 0.355. The second-order valence-corrected chi connectivity index (χ2v) is 11.8. The van der Waals surface area contributed by atoms with E-state index in [2.05, 4.69) is 27.5 Å². The lowest BCUT2D eigenvalue weighted by atomic mass is 9.87. The van der Waals surface area contributed by atoms with E-state index >= 15 is 0 Å². The van der Waals surface area contributed by atoms with Crippen molar-refractivity contribution in [2.75, 3.05) is 19.7 Å². The lowest BCUT2D eigenvalue weighted by Crippen LogP contribution is -2.41. The Bertz CT molecular complexity index is 1260. The monoisotopic (exact) mass is 643 g/mol. The topological polar surface area (TPSA) is 55.8 Å². The summed E-state index contributed by atoms with van der Waals surface area (Å²) in [5, 5.41) is 0.614. The minimum Gasteiger partial charge on any atom is -0.494 e. The van der Waals surface area contributed by atoms with Crippen molar-refractivity contribution in [3.05, 3.63) is 100 Å². The molecular weight excluding hydrogens is 613 g/mol. The van der Waals surface area contributed by atoms with Crippen LogP contribution in [-0.4, -0.2) is 40.4 Å². The molecule has 0 spiro atoms. The Morgan fingerprint density at radius 3 is 2.42 bits per heavy atom. The summed E-state index contributed by atoms with van der Waals surface area (Å²) in [5.41, 5.74) is 3.04. The van der Waals surface area contributed by atoms with Crippen molar-refractivity contribution in [3.8, 4) is 5.75 Å². The summed E-state index contributed by atoms with van der Waals surface area (Å²) in [6, 6.07) is 22.1. The third-order valence-electron chi connectivity index (χ3n) is 7.41. The van der Waals surface area contributed by atoms with Crippen LogP contribution in [0.5, 0.6) is 5.75 Å². The van der Waals surface area contributed by atoms with Crippen LogP contribution in [0.25, 0.3) is 0 Å². The van der Waals surface area contributed by atoms with E-state index in [1.165, 1.54) is 0 Å². The van der Waals surface area contributed by atoms with Crippen LogP contribution in [-0.2, 0) is 4.74 Å². The van der Waals surface area contributed by atoms with Gasteiger partial charge in [0.15, 0.2) is 5.78 Å². The lowest BCUT2D eigenvalue weighted by Gasteiger charge is -2.38. The normalized spacial score (nSPS) is 21.1. The number of nitrogens with zero attached hydrogens (tertiary/aromatic N) is 1. The number of cyclic esters (lactones) is 1. The highest BCUT2D eigenvalue weighted by molar-refractivity contribution is 14.1. The molecular formula is C31H31ClINO4. The lowest BCUT2D eigenvalue weighted by molar-refractivity contribution is 0.00972. The molecule has 3 unspecified atom stereocenters. The van der Waals surface area contributed by atoms with E-state index in [0.717, 1.165) is 62.1 Å². The molecule has 0 aliphatic carbocycles. The number of rotatable bonds is 10. The van der Waals surface area contributed by atoms with Crippen molar-refractivity contribution < 1.29 is 19.1 Å². The Kier molecular flexibility index (Phi) is 9.02. The standard InChI is InChI=1S/C31H31ClINO4/c32-24-12-8-21(9-13-24)29(35)22-10-14-25(15-11-22)37-19-5-1-4-17-34-18-16-23(20-28(34)33)30-26-6-2-3-7-27(26)31(36)38-30/h2-3,6-15,23,28,30H,1,4-5,16-20H2. The third-order valence-corrected chi connectivity index (χ3v) is 8.96. The number of alkyl halides is 1. The smallest absolute Gasteiger partial charge is 0.339 e. The van der Waals surface area contributed by atoms with Gasteiger partial charge in [-0.15, -0.1) is 0 Å². The number of likely N-dealkylation sites (tertiary alicyclic amines) is 1. The first-order valence-electron chi connectivity index (χ1n) is 13.2. The quantitative estimate of drug-likeness (QED) is 0.0572. The Labute approximate surface area is 242 Å². The Morgan fingerprint density at radius 2 is 1.68 bits per heavy atom. The summed E-state index contributed by atoms with van der Waals surface area (Å²) in [6.45, 7) is 2.77. The van der Waals surface area contributed by atoms with Gasteiger partial charge in [-0.2, -0.15) is 0 Å². The van der Waals surface area contributed by atoms with Gasteiger partial charge in [0, 0.05) is 27.6 Å². The molecule has 2 heterocycles. The second-order valence-electron chi connectivity index (χ2n) is 9.94. The molecule has 38 heavy (non-hydrogen) atoms. The maximum Gasteiger partial charge on any atom is 0.339 e. The second kappa shape index (κ2) is 12.6. The third kappa shape index (κ3) is 6.41. The van der Waals surface area contributed by atoms with Crippen LogP contribution in [0.3, 0.4) is 0 Å². The van der Waals surface area contributed by atoms with E-state index in [0.29, 0.717) is 32.7 Å². The summed E-state index contributed by atoms with van der Waals surface area (Å²) in [4.78, 5) is 27.4. The van der Waals surface area contributed by atoms with Crippen molar-refractivity contribution in [2.45, 2.75) is 42.3 Å². The van der Waals surface area contributed by atoms with Gasteiger partial charge in [-0.1, -0.05) is 52.4 Å². The fourth-order valence-corrected chi connectivity index (χ4v) is 6.63. The average Bonchev–Trinajstić information content (AvgIpc) is 3.28. The molecule has 0 radical (unpaired) electrons. The molecule has 5 nitrogen and oxygen atoms in total. The highest BCUT2D eigenvalue weighted by Gasteiger charge is 2.39. The zero-order chi connectivity index (χ0) is 26.5. The van der Waals surface area contributed by atoms with Gasteiger partial charge in [0.2, 0.25) is 0 Å². The fourth-order valence-electron chi connectivity index (χ4n) is 5.29. The molecule has 198 valence electrons. The van der Waals surface area contributed by atoms with Crippen molar-refractivity contribution in [1.29, 1.82) is 0 Å². The van der Waals surface area contributed by atoms with Gasteiger partial charge in [-0.05, 0) is 99.8 Å². The molecule has 3 aromatic rings. The van der Waals surface area contributed by atoms with E-state index in [1.54, 1.807) is 24.3 Å². The number of carbonyl (C=O) groups is 2. The maximum atomic E-state index is 12.6. The summed E-state index contributed by atoms with van der Waals surface area (Å²) >= 11 is 8.46. The molecule has 2 aliphatic heterocycles. The number of carbonyl (C=O) groups excluding carboxylic acids is 2. The number of ketones is 1. The zero-order valence-electron chi connectivity index (χ0n) is 21.2. The van der Waals surface area contributed by atoms with Crippen molar-refractivity contribution in [2.24, 2.45) is 5.92 Å². The predicted molar refractivity (Wildman–Crippen MR) is 157 cm³/mol. The highest BCUT2D eigenvalue weighted by Crippen LogP contribution is 2.42. The zero-order valence-corrected chi connectivity index (χ0v) is 24.1. The maximum absolute atomic E-state index is 12.6. The number of esters is 1. The number of halogens is 2. The summed E-state index contributed by atoms with van der Waals surface area (Å²) in [7, 11) is 0. The SMILES string of the molecule is O=C(c1ccc(Cl)cc1)c1ccc(OCCCCCN2CCC(C3OC(=O)c4ccccc43)CC2I)cc1. The summed E-state index contributed by atoms with van der Waals surface area (Å²) < 4.78 is 12.1. The molecule has 3 aromatic carbocycles. The Morgan fingerprint density at radius 1 is 0.974 bits per heavy atom. The number of benzene rings is 3. The van der Waals surface area contributed by atoms with Crippen LogP contribution < -0.4 is 4.74 Å². The molecule has 2 aliphatic rings. The molecule has 1 saturated heterocycles. The van der Waals surface area contributed by atoms with Gasteiger partial charge < -0.3 is 9.47 Å². The number of fused-ring (bicyclic) bond motifs is 1. The van der Waals surface area contributed by atoms with E-state index in [4.69, 9.17) is 21.1 Å². The molecule has 7 heteroatoms. The first kappa shape index (κ1) is 27.2. The van der Waals surface area contributed by atoms with E-state index in [9.17, 15) is 9.59 Å². The molecule has 3 atom stereocenters. The number of ether oxygens (including phenoxy) is 2. The van der Waals surface area contributed by atoms with Crippen LogP contribution in [0.2, 0.25) is 5.02 Å². The van der Waals surface area contributed by atoms with E-state index in [1.807, 2.05) is 48.5 Å². The highest BCUT2D eigenvalue weighted by atomic mass is 127. The molecule has 0 bridgehead atoms. The predicted octanol–water partition coefficient (Wildman–Crippen LogP) is 7.50.